The van der Waals surface area contributed by atoms with Crippen molar-refractivity contribution in [3.05, 3.63) is 89.0 Å². The van der Waals surface area contributed by atoms with Crippen molar-refractivity contribution in [1.82, 2.24) is 14.5 Å². The van der Waals surface area contributed by atoms with Gasteiger partial charge in [0, 0.05) is 44.6 Å². The number of carbonyl (C=O) groups is 1. The van der Waals surface area contributed by atoms with E-state index in [1.54, 1.807) is 25.7 Å². The van der Waals surface area contributed by atoms with Crippen LogP contribution in [0.1, 0.15) is 45.5 Å². The summed E-state index contributed by atoms with van der Waals surface area (Å²) in [5, 5.41) is 9.70. The van der Waals surface area contributed by atoms with Crippen LogP contribution >= 0.6 is 0 Å². The van der Waals surface area contributed by atoms with Crippen molar-refractivity contribution in [2.45, 2.75) is 32.7 Å². The minimum absolute atomic E-state index is 0.00765. The number of nitrogens with zero attached hydrogens (tertiary/aromatic N) is 4. The average Bonchev–Trinajstić information content (AvgIpc) is 3.32. The molecule has 0 unspecified atom stereocenters. The fraction of sp³-hybridized carbons (Fsp3) is 0.370. The molecule has 1 aliphatic heterocycles. The molecule has 6 nitrogen and oxygen atoms in total. The molecule has 4 rings (SSSR count). The second-order valence-electron chi connectivity index (χ2n) is 9.08. The van der Waals surface area contributed by atoms with Gasteiger partial charge in [0.25, 0.3) is 5.91 Å². The molecule has 1 amide bonds. The zero-order chi connectivity index (χ0) is 23.3. The van der Waals surface area contributed by atoms with Gasteiger partial charge in [0.2, 0.25) is 0 Å². The number of rotatable bonds is 7. The van der Waals surface area contributed by atoms with Crippen molar-refractivity contribution in [3.8, 4) is 6.07 Å². The molecule has 0 saturated carbocycles. The fourth-order valence-electron chi connectivity index (χ4n) is 4.93. The molecule has 3 aromatic rings. The molecule has 0 spiro atoms. The van der Waals surface area contributed by atoms with E-state index in [1.165, 1.54) is 11.1 Å². The van der Waals surface area contributed by atoms with E-state index in [0.29, 0.717) is 37.4 Å². The summed E-state index contributed by atoms with van der Waals surface area (Å²) in [7, 11) is 1.75. The van der Waals surface area contributed by atoms with Gasteiger partial charge in [0.1, 0.15) is 0 Å². The van der Waals surface area contributed by atoms with Crippen molar-refractivity contribution in [3.63, 3.8) is 0 Å². The minimum Gasteiger partial charge on any atom is -0.384 e. The molecule has 2 aromatic carbocycles. The molecule has 170 valence electrons. The largest absolute Gasteiger partial charge is 0.384 e. The Kier molecular flexibility index (Phi) is 6.90. The van der Waals surface area contributed by atoms with Crippen LogP contribution in [0.5, 0.6) is 0 Å². The number of nitriles is 1. The molecule has 1 fully saturated rings. The topological polar surface area (TPSA) is 71.2 Å². The maximum absolute atomic E-state index is 13.6. The molecule has 0 atom stereocenters. The van der Waals surface area contributed by atoms with Gasteiger partial charge in [-0.3, -0.25) is 4.79 Å². The third kappa shape index (κ3) is 5.15. The van der Waals surface area contributed by atoms with Gasteiger partial charge in [-0.15, -0.1) is 0 Å². The van der Waals surface area contributed by atoms with E-state index in [0.717, 1.165) is 24.8 Å². The molecule has 0 bridgehead atoms. The second kappa shape index (κ2) is 10.0. The van der Waals surface area contributed by atoms with Gasteiger partial charge in [0.15, 0.2) is 0 Å². The molecular weight excluding hydrogens is 412 g/mol. The summed E-state index contributed by atoms with van der Waals surface area (Å²) in [5.74, 6) is -0.0659. The predicted molar refractivity (Wildman–Crippen MR) is 127 cm³/mol. The second-order valence-corrected chi connectivity index (χ2v) is 9.08. The highest BCUT2D eigenvalue weighted by molar-refractivity contribution is 5.98. The summed E-state index contributed by atoms with van der Waals surface area (Å²) in [6, 6.07) is 16.3. The molecule has 6 heteroatoms. The van der Waals surface area contributed by atoms with E-state index < -0.39 is 0 Å². The highest BCUT2D eigenvalue weighted by atomic mass is 16.5. The number of carbonyl (C=O) groups excluding carboxylic acids is 1. The van der Waals surface area contributed by atoms with Gasteiger partial charge in [-0.25, -0.2) is 4.98 Å². The number of methoxy groups -OCH3 is 1. The lowest BCUT2D eigenvalue weighted by Crippen LogP contribution is -2.46. The van der Waals surface area contributed by atoms with Crippen LogP contribution in [-0.2, 0) is 17.7 Å². The molecule has 1 saturated heterocycles. The summed E-state index contributed by atoms with van der Waals surface area (Å²) >= 11 is 0. The molecular formula is C27H30N4O2. The van der Waals surface area contributed by atoms with Crippen LogP contribution < -0.4 is 0 Å². The van der Waals surface area contributed by atoms with Crippen molar-refractivity contribution in [2.75, 3.05) is 26.8 Å². The maximum Gasteiger partial charge on any atom is 0.255 e. The Labute approximate surface area is 195 Å². The number of piperidine rings is 1. The van der Waals surface area contributed by atoms with Crippen molar-refractivity contribution < 1.29 is 9.53 Å². The highest BCUT2D eigenvalue weighted by Gasteiger charge is 2.37. The molecule has 0 N–H and O–H groups in total. The van der Waals surface area contributed by atoms with Gasteiger partial charge in [0.05, 0.1) is 30.1 Å². The van der Waals surface area contributed by atoms with Gasteiger partial charge < -0.3 is 14.2 Å². The zero-order valence-electron chi connectivity index (χ0n) is 19.3. The van der Waals surface area contributed by atoms with Crippen molar-refractivity contribution >= 4 is 5.91 Å². The lowest BCUT2D eigenvalue weighted by Gasteiger charge is -2.42. The quantitative estimate of drug-likeness (QED) is 0.549. The highest BCUT2D eigenvalue weighted by Crippen LogP contribution is 2.36. The normalized spacial score (nSPS) is 15.2. The SMILES string of the molecule is COCC1(Cc2cccc(C)c2)CCN(C(=O)c2c(C#N)cccc2Cn2ccnc2)CC1. The Morgan fingerprint density at radius 1 is 1.21 bits per heavy atom. The van der Waals surface area contributed by atoms with E-state index in [9.17, 15) is 10.1 Å². The van der Waals surface area contributed by atoms with Gasteiger partial charge in [-0.2, -0.15) is 5.26 Å². The summed E-state index contributed by atoms with van der Waals surface area (Å²) in [6.07, 6.45) is 7.96. The van der Waals surface area contributed by atoms with E-state index >= 15 is 0 Å². The Hall–Kier alpha value is -3.43. The number of hydrogen-bond donors (Lipinski definition) is 0. The fourth-order valence-corrected chi connectivity index (χ4v) is 4.93. The van der Waals surface area contributed by atoms with Crippen LogP contribution in [-0.4, -0.2) is 47.2 Å². The molecule has 2 heterocycles. The first-order valence-corrected chi connectivity index (χ1v) is 11.3. The van der Waals surface area contributed by atoms with Crippen molar-refractivity contribution in [1.29, 1.82) is 5.26 Å². The average molecular weight is 443 g/mol. The van der Waals surface area contributed by atoms with E-state index in [2.05, 4.69) is 42.2 Å². The van der Waals surface area contributed by atoms with E-state index in [-0.39, 0.29) is 11.3 Å². The Morgan fingerprint density at radius 3 is 2.67 bits per heavy atom. The first-order chi connectivity index (χ1) is 16.0. The van der Waals surface area contributed by atoms with Crippen LogP contribution in [0.4, 0.5) is 0 Å². The standard InChI is InChI=1S/C27H30N4O2/c1-21-5-3-6-22(15-21)16-27(19-33-2)9-12-31(13-10-27)26(32)25-23(17-28)7-4-8-24(25)18-30-14-11-29-20-30/h3-8,11,14-15,20H,9-10,12-13,16,18-19H2,1-2H3. The summed E-state index contributed by atoms with van der Waals surface area (Å²) in [5.41, 5.74) is 4.34. The number of ether oxygens (including phenoxy) is 1. The van der Waals surface area contributed by atoms with E-state index in [1.807, 2.05) is 27.8 Å². The van der Waals surface area contributed by atoms with Crippen LogP contribution in [0.2, 0.25) is 0 Å². The van der Waals surface area contributed by atoms with E-state index in [4.69, 9.17) is 4.74 Å². The number of amides is 1. The smallest absolute Gasteiger partial charge is 0.255 e. The predicted octanol–water partition coefficient (Wildman–Crippen LogP) is 4.22. The van der Waals surface area contributed by atoms with Crippen LogP contribution in [0.25, 0.3) is 0 Å². The third-order valence-corrected chi connectivity index (χ3v) is 6.62. The number of imidazole rings is 1. The molecule has 1 aliphatic rings. The van der Waals surface area contributed by atoms with Gasteiger partial charge in [-0.1, -0.05) is 42.0 Å². The number of benzene rings is 2. The number of hydrogen-bond acceptors (Lipinski definition) is 4. The van der Waals surface area contributed by atoms with Crippen LogP contribution in [0, 0.1) is 23.7 Å². The number of aryl methyl sites for hydroxylation is 1. The molecule has 0 radical (unpaired) electrons. The summed E-state index contributed by atoms with van der Waals surface area (Å²) in [6.45, 7) is 4.59. The molecule has 33 heavy (non-hydrogen) atoms. The minimum atomic E-state index is -0.0659. The van der Waals surface area contributed by atoms with Crippen molar-refractivity contribution in [2.24, 2.45) is 5.41 Å². The molecule has 1 aromatic heterocycles. The zero-order valence-corrected chi connectivity index (χ0v) is 19.3. The van der Waals surface area contributed by atoms with Gasteiger partial charge in [-0.05, 0) is 43.4 Å². The first-order valence-electron chi connectivity index (χ1n) is 11.3. The Balaban J connectivity index is 1.53. The summed E-state index contributed by atoms with van der Waals surface area (Å²) < 4.78 is 7.54. The number of aromatic nitrogens is 2. The van der Waals surface area contributed by atoms with Crippen LogP contribution in [0.3, 0.4) is 0 Å². The number of likely N-dealkylation sites (tertiary alicyclic amines) is 1. The third-order valence-electron chi connectivity index (χ3n) is 6.62. The molecule has 0 aliphatic carbocycles. The monoisotopic (exact) mass is 442 g/mol. The summed E-state index contributed by atoms with van der Waals surface area (Å²) in [4.78, 5) is 19.6. The van der Waals surface area contributed by atoms with Gasteiger partial charge >= 0.3 is 0 Å². The Morgan fingerprint density at radius 2 is 2.00 bits per heavy atom. The van der Waals surface area contributed by atoms with Crippen LogP contribution in [0.15, 0.2) is 61.2 Å². The Bertz CT molecular complexity index is 1140. The lowest BCUT2D eigenvalue weighted by molar-refractivity contribution is 0.0203. The lowest BCUT2D eigenvalue weighted by atomic mass is 9.74. The maximum atomic E-state index is 13.6. The first kappa shape index (κ1) is 22.8.